The lowest BCUT2D eigenvalue weighted by molar-refractivity contribution is -0.134. The molecule has 2 N–H and O–H groups in total. The number of likely N-dealkylation sites (N-methyl/N-ethyl adjacent to an activating group) is 1. The first-order chi connectivity index (χ1) is 6.61. The van der Waals surface area contributed by atoms with Gasteiger partial charge >= 0.3 is 0 Å². The molecule has 0 aromatic rings. The van der Waals surface area contributed by atoms with Gasteiger partial charge in [0.05, 0.1) is 6.04 Å². The van der Waals surface area contributed by atoms with Crippen LogP contribution < -0.4 is 5.73 Å². The minimum absolute atomic E-state index is 0.143. The van der Waals surface area contributed by atoms with Gasteiger partial charge in [0.1, 0.15) is 0 Å². The molecule has 0 aromatic heterocycles. The van der Waals surface area contributed by atoms with Crippen molar-refractivity contribution in [3.63, 3.8) is 0 Å². The van der Waals surface area contributed by atoms with E-state index in [1.54, 1.807) is 0 Å². The zero-order chi connectivity index (χ0) is 10.7. The van der Waals surface area contributed by atoms with Gasteiger partial charge in [-0.2, -0.15) is 0 Å². The maximum Gasteiger partial charge on any atom is 0.239 e. The molecule has 0 bridgehead atoms. The number of amides is 1. The van der Waals surface area contributed by atoms with E-state index in [1.165, 1.54) is 0 Å². The molecule has 1 amide bonds. The zero-order valence-electron chi connectivity index (χ0n) is 9.49. The number of carbonyl (C=O) groups excluding carboxylic acids is 1. The summed E-state index contributed by atoms with van der Waals surface area (Å²) in [5, 5.41) is 0. The van der Waals surface area contributed by atoms with E-state index in [9.17, 15) is 4.79 Å². The molecule has 2 atom stereocenters. The fourth-order valence-electron chi connectivity index (χ4n) is 1.67. The van der Waals surface area contributed by atoms with Gasteiger partial charge in [0.2, 0.25) is 5.91 Å². The largest absolute Gasteiger partial charge is 0.339 e. The van der Waals surface area contributed by atoms with Gasteiger partial charge in [0, 0.05) is 12.6 Å². The number of carbonyl (C=O) groups is 1. The van der Waals surface area contributed by atoms with Crippen molar-refractivity contribution in [1.82, 2.24) is 4.90 Å². The normalized spacial score (nSPS) is 20.3. The smallest absolute Gasteiger partial charge is 0.239 e. The van der Waals surface area contributed by atoms with Crippen LogP contribution in [-0.4, -0.2) is 29.4 Å². The van der Waals surface area contributed by atoms with Gasteiger partial charge in [-0.1, -0.05) is 20.3 Å². The van der Waals surface area contributed by atoms with E-state index in [2.05, 4.69) is 6.92 Å². The Labute approximate surface area is 86.6 Å². The molecule has 0 saturated heterocycles. The Bertz CT molecular complexity index is 201. The highest BCUT2D eigenvalue weighted by Gasteiger charge is 2.34. The Morgan fingerprint density at radius 3 is 2.43 bits per heavy atom. The third-order valence-electron chi connectivity index (χ3n) is 3.15. The number of nitrogens with two attached hydrogens (primary N) is 1. The molecule has 1 rings (SSSR count). The Hall–Kier alpha value is -0.570. The summed E-state index contributed by atoms with van der Waals surface area (Å²) in [6.45, 7) is 6.95. The van der Waals surface area contributed by atoms with Crippen LogP contribution in [0.3, 0.4) is 0 Å². The zero-order valence-corrected chi connectivity index (χ0v) is 9.49. The van der Waals surface area contributed by atoms with Crippen molar-refractivity contribution in [3.8, 4) is 0 Å². The van der Waals surface area contributed by atoms with E-state index in [1.807, 2.05) is 18.7 Å². The van der Waals surface area contributed by atoms with Crippen molar-refractivity contribution in [2.24, 2.45) is 11.7 Å². The summed E-state index contributed by atoms with van der Waals surface area (Å²) in [6.07, 6.45) is 3.29. The molecule has 1 aliphatic rings. The van der Waals surface area contributed by atoms with Gasteiger partial charge in [-0.25, -0.2) is 0 Å². The van der Waals surface area contributed by atoms with E-state index >= 15 is 0 Å². The van der Waals surface area contributed by atoms with Crippen molar-refractivity contribution in [2.75, 3.05) is 6.54 Å². The van der Waals surface area contributed by atoms with Crippen molar-refractivity contribution in [3.05, 3.63) is 0 Å². The molecular formula is C11H22N2O. The van der Waals surface area contributed by atoms with E-state index < -0.39 is 0 Å². The predicted molar refractivity (Wildman–Crippen MR) is 57.8 cm³/mol. The van der Waals surface area contributed by atoms with Crippen molar-refractivity contribution in [2.45, 2.75) is 52.1 Å². The summed E-state index contributed by atoms with van der Waals surface area (Å²) in [5.41, 5.74) is 5.92. The molecule has 82 valence electrons. The number of hydrogen-bond donors (Lipinski definition) is 1. The monoisotopic (exact) mass is 198 g/mol. The van der Waals surface area contributed by atoms with Gasteiger partial charge in [0.15, 0.2) is 0 Å². The van der Waals surface area contributed by atoms with E-state index in [0.717, 1.165) is 25.8 Å². The van der Waals surface area contributed by atoms with Crippen LogP contribution >= 0.6 is 0 Å². The third-order valence-corrected chi connectivity index (χ3v) is 3.15. The van der Waals surface area contributed by atoms with Gasteiger partial charge in [-0.3, -0.25) is 4.79 Å². The van der Waals surface area contributed by atoms with Crippen LogP contribution in [0.25, 0.3) is 0 Å². The molecule has 1 fully saturated rings. The summed E-state index contributed by atoms with van der Waals surface area (Å²) in [6, 6.07) is 0.183. The summed E-state index contributed by atoms with van der Waals surface area (Å²) in [7, 11) is 0. The van der Waals surface area contributed by atoms with Crippen LogP contribution in [0.1, 0.15) is 40.0 Å². The van der Waals surface area contributed by atoms with Crippen LogP contribution in [-0.2, 0) is 4.79 Å². The molecule has 0 aliphatic heterocycles. The van der Waals surface area contributed by atoms with E-state index in [-0.39, 0.29) is 17.9 Å². The summed E-state index contributed by atoms with van der Waals surface area (Å²) in [5.74, 6) is 0.430. The van der Waals surface area contributed by atoms with Gasteiger partial charge < -0.3 is 10.6 Å². The third kappa shape index (κ3) is 2.47. The quantitative estimate of drug-likeness (QED) is 0.725. The lowest BCUT2D eigenvalue weighted by Crippen LogP contribution is -2.47. The predicted octanol–water partition coefficient (Wildman–Crippen LogP) is 1.37. The number of rotatable bonds is 5. The summed E-state index contributed by atoms with van der Waals surface area (Å²) < 4.78 is 0. The second-order valence-electron chi connectivity index (χ2n) is 4.27. The molecule has 0 spiro atoms. The molecule has 0 heterocycles. The second-order valence-corrected chi connectivity index (χ2v) is 4.27. The van der Waals surface area contributed by atoms with Crippen LogP contribution in [0.4, 0.5) is 0 Å². The average molecular weight is 198 g/mol. The van der Waals surface area contributed by atoms with E-state index in [0.29, 0.717) is 6.04 Å². The highest BCUT2D eigenvalue weighted by Crippen LogP contribution is 2.27. The van der Waals surface area contributed by atoms with Crippen LogP contribution in [0.15, 0.2) is 0 Å². The van der Waals surface area contributed by atoms with Crippen LogP contribution in [0.5, 0.6) is 0 Å². The molecule has 1 saturated carbocycles. The first kappa shape index (κ1) is 11.5. The highest BCUT2D eigenvalue weighted by molar-refractivity contribution is 5.82. The minimum atomic E-state index is -0.305. The van der Waals surface area contributed by atoms with Crippen molar-refractivity contribution < 1.29 is 4.79 Å². The average Bonchev–Trinajstić information content (AvgIpc) is 3.00. The first-order valence-corrected chi connectivity index (χ1v) is 5.67. The fraction of sp³-hybridized carbons (Fsp3) is 0.909. The Morgan fingerprint density at radius 1 is 1.50 bits per heavy atom. The number of nitrogens with zero attached hydrogens (tertiary/aromatic N) is 1. The molecule has 1 aliphatic carbocycles. The second kappa shape index (κ2) is 4.78. The van der Waals surface area contributed by atoms with Crippen molar-refractivity contribution in [1.29, 1.82) is 0 Å². The van der Waals surface area contributed by atoms with Crippen LogP contribution in [0, 0.1) is 5.92 Å². The topological polar surface area (TPSA) is 46.3 Å². The lowest BCUT2D eigenvalue weighted by Gasteiger charge is -2.26. The molecule has 0 aromatic carbocycles. The SMILES string of the molecule is CC[C@H](C)[C@H](N)C(=O)N(CC)C1CC1. The van der Waals surface area contributed by atoms with Gasteiger partial charge in [-0.05, 0) is 25.7 Å². The minimum Gasteiger partial charge on any atom is -0.339 e. The highest BCUT2D eigenvalue weighted by atomic mass is 16.2. The summed E-state index contributed by atoms with van der Waals surface area (Å²) in [4.78, 5) is 13.9. The lowest BCUT2D eigenvalue weighted by atomic mass is 9.99. The molecule has 3 nitrogen and oxygen atoms in total. The van der Waals surface area contributed by atoms with Crippen LogP contribution in [0.2, 0.25) is 0 Å². The first-order valence-electron chi connectivity index (χ1n) is 5.67. The van der Waals surface area contributed by atoms with Gasteiger partial charge in [0.25, 0.3) is 0 Å². The maximum atomic E-state index is 12.0. The molecular weight excluding hydrogens is 176 g/mol. The standard InChI is InChI=1S/C11H22N2O/c1-4-8(3)10(12)11(14)13(5-2)9-6-7-9/h8-10H,4-7,12H2,1-3H3/t8-,10-/m0/s1. The number of hydrogen-bond acceptors (Lipinski definition) is 2. The maximum absolute atomic E-state index is 12.0. The summed E-state index contributed by atoms with van der Waals surface area (Å²) >= 11 is 0. The molecule has 0 radical (unpaired) electrons. The van der Waals surface area contributed by atoms with E-state index in [4.69, 9.17) is 5.73 Å². The Balaban J connectivity index is 2.52. The molecule has 14 heavy (non-hydrogen) atoms. The fourth-order valence-corrected chi connectivity index (χ4v) is 1.67. The Morgan fingerprint density at radius 2 is 2.07 bits per heavy atom. The Kier molecular flexibility index (Phi) is 3.93. The van der Waals surface area contributed by atoms with Crippen molar-refractivity contribution >= 4 is 5.91 Å². The molecule has 0 unspecified atom stereocenters. The van der Waals surface area contributed by atoms with Gasteiger partial charge in [-0.15, -0.1) is 0 Å². The molecule has 3 heteroatoms.